The van der Waals surface area contributed by atoms with Crippen LogP contribution in [0, 0.1) is 12.8 Å². The molecule has 0 atom stereocenters. The van der Waals surface area contributed by atoms with Gasteiger partial charge in [0.25, 0.3) is 0 Å². The van der Waals surface area contributed by atoms with Crippen molar-refractivity contribution in [2.75, 3.05) is 19.6 Å². The summed E-state index contributed by atoms with van der Waals surface area (Å²) in [6.45, 7) is 6.82. The summed E-state index contributed by atoms with van der Waals surface area (Å²) < 4.78 is 0. The number of aryl methyl sites for hydroxylation is 1. The highest BCUT2D eigenvalue weighted by Gasteiger charge is 2.12. The summed E-state index contributed by atoms with van der Waals surface area (Å²) in [6, 6.07) is 2.20. The van der Waals surface area contributed by atoms with E-state index in [2.05, 4.69) is 29.0 Å². The zero-order valence-electron chi connectivity index (χ0n) is 9.38. The first kappa shape index (κ1) is 11.1. The summed E-state index contributed by atoms with van der Waals surface area (Å²) in [4.78, 5) is 1.49. The van der Waals surface area contributed by atoms with Gasteiger partial charge >= 0.3 is 0 Å². The molecule has 15 heavy (non-hydrogen) atoms. The van der Waals surface area contributed by atoms with Crippen LogP contribution in [0.2, 0.25) is 0 Å². The Labute approximate surface area is 96.1 Å². The normalized spacial score (nSPS) is 18.2. The van der Waals surface area contributed by atoms with Gasteiger partial charge in [0.05, 0.1) is 0 Å². The Morgan fingerprint density at radius 1 is 1.47 bits per heavy atom. The molecule has 2 nitrogen and oxygen atoms in total. The van der Waals surface area contributed by atoms with Crippen LogP contribution in [0.4, 0.5) is 0 Å². The highest BCUT2D eigenvalue weighted by molar-refractivity contribution is 7.10. The second-order valence-electron chi connectivity index (χ2n) is 4.35. The lowest BCUT2D eigenvalue weighted by atomic mass is 9.98. The average molecular weight is 224 g/mol. The summed E-state index contributed by atoms with van der Waals surface area (Å²) >= 11 is 1.86. The minimum Gasteiger partial charge on any atom is -0.317 e. The first-order chi connectivity index (χ1) is 7.36. The largest absolute Gasteiger partial charge is 0.317 e. The first-order valence-electron chi connectivity index (χ1n) is 5.80. The summed E-state index contributed by atoms with van der Waals surface area (Å²) in [5, 5.41) is 9.16. The van der Waals surface area contributed by atoms with Gasteiger partial charge in [0.2, 0.25) is 0 Å². The van der Waals surface area contributed by atoms with Gasteiger partial charge in [-0.15, -0.1) is 11.3 Å². The van der Waals surface area contributed by atoms with E-state index in [0.29, 0.717) is 0 Å². The number of thiophene rings is 1. The summed E-state index contributed by atoms with van der Waals surface area (Å²) in [5.74, 6) is 0.881. The van der Waals surface area contributed by atoms with Crippen LogP contribution in [-0.2, 0) is 6.54 Å². The Morgan fingerprint density at radius 2 is 2.27 bits per heavy atom. The van der Waals surface area contributed by atoms with Crippen LogP contribution in [0.25, 0.3) is 0 Å². The molecule has 1 fully saturated rings. The molecule has 3 heteroatoms. The highest BCUT2D eigenvalue weighted by Crippen LogP contribution is 2.15. The minimum atomic E-state index is 0.881. The minimum absolute atomic E-state index is 0.881. The lowest BCUT2D eigenvalue weighted by Gasteiger charge is -2.22. The standard InChI is InChI=1S/C12H20N2S/c1-10-4-7-15-12(10)9-14-8-11-2-5-13-6-3-11/h4,7,11,13-14H,2-3,5-6,8-9H2,1H3. The molecule has 0 radical (unpaired) electrons. The fraction of sp³-hybridized carbons (Fsp3) is 0.667. The van der Waals surface area contributed by atoms with Gasteiger partial charge < -0.3 is 10.6 Å². The van der Waals surface area contributed by atoms with E-state index in [-0.39, 0.29) is 0 Å². The molecule has 0 bridgehead atoms. The molecular formula is C12H20N2S. The smallest absolute Gasteiger partial charge is 0.0302 e. The predicted octanol–water partition coefficient (Wildman–Crippen LogP) is 2.15. The molecule has 1 aliphatic heterocycles. The number of nitrogens with one attached hydrogen (secondary N) is 2. The SMILES string of the molecule is Cc1ccsc1CNCC1CCNCC1. The van der Waals surface area contributed by atoms with E-state index < -0.39 is 0 Å². The lowest BCUT2D eigenvalue weighted by molar-refractivity contribution is 0.357. The highest BCUT2D eigenvalue weighted by atomic mass is 32.1. The average Bonchev–Trinajstić information content (AvgIpc) is 2.66. The van der Waals surface area contributed by atoms with Crippen LogP contribution in [0.3, 0.4) is 0 Å². The quantitative estimate of drug-likeness (QED) is 0.819. The Bertz CT molecular complexity index is 290. The van der Waals surface area contributed by atoms with Crippen molar-refractivity contribution in [3.8, 4) is 0 Å². The molecule has 0 unspecified atom stereocenters. The van der Waals surface area contributed by atoms with E-state index in [1.54, 1.807) is 0 Å². The van der Waals surface area contributed by atoms with E-state index in [1.807, 2.05) is 11.3 Å². The molecule has 1 aliphatic rings. The van der Waals surface area contributed by atoms with Crippen molar-refractivity contribution < 1.29 is 0 Å². The van der Waals surface area contributed by atoms with Crippen molar-refractivity contribution in [2.45, 2.75) is 26.3 Å². The van der Waals surface area contributed by atoms with Crippen molar-refractivity contribution in [3.05, 3.63) is 21.9 Å². The van der Waals surface area contributed by atoms with Gasteiger partial charge in [-0.3, -0.25) is 0 Å². The molecule has 0 saturated carbocycles. The predicted molar refractivity (Wildman–Crippen MR) is 66.4 cm³/mol. The van der Waals surface area contributed by atoms with Crippen LogP contribution < -0.4 is 10.6 Å². The molecule has 1 aromatic rings. The summed E-state index contributed by atoms with van der Waals surface area (Å²) in [5.41, 5.74) is 1.43. The molecule has 1 aromatic heterocycles. The Kier molecular flexibility index (Phi) is 4.18. The van der Waals surface area contributed by atoms with Gasteiger partial charge in [0.15, 0.2) is 0 Å². The van der Waals surface area contributed by atoms with Crippen molar-refractivity contribution in [1.29, 1.82) is 0 Å². The van der Waals surface area contributed by atoms with Crippen molar-refractivity contribution in [3.63, 3.8) is 0 Å². The fourth-order valence-corrected chi connectivity index (χ4v) is 2.94. The van der Waals surface area contributed by atoms with Crippen molar-refractivity contribution in [1.82, 2.24) is 10.6 Å². The summed E-state index contributed by atoms with van der Waals surface area (Å²) in [7, 11) is 0. The maximum Gasteiger partial charge on any atom is 0.0302 e. The second kappa shape index (κ2) is 5.64. The fourth-order valence-electron chi connectivity index (χ4n) is 2.06. The van der Waals surface area contributed by atoms with Gasteiger partial charge in [0.1, 0.15) is 0 Å². The molecule has 84 valence electrons. The molecule has 0 spiro atoms. The number of rotatable bonds is 4. The van der Waals surface area contributed by atoms with Crippen molar-refractivity contribution in [2.24, 2.45) is 5.92 Å². The van der Waals surface area contributed by atoms with Gasteiger partial charge in [-0.05, 0) is 62.3 Å². The van der Waals surface area contributed by atoms with Gasteiger partial charge in [-0.25, -0.2) is 0 Å². The molecule has 1 saturated heterocycles. The molecule has 0 aliphatic carbocycles. The Hall–Kier alpha value is -0.380. The van der Waals surface area contributed by atoms with E-state index in [9.17, 15) is 0 Å². The maximum absolute atomic E-state index is 3.58. The number of hydrogen-bond donors (Lipinski definition) is 2. The van der Waals surface area contributed by atoms with Gasteiger partial charge in [-0.1, -0.05) is 0 Å². The maximum atomic E-state index is 3.58. The van der Waals surface area contributed by atoms with Crippen LogP contribution in [0.1, 0.15) is 23.3 Å². The van der Waals surface area contributed by atoms with E-state index >= 15 is 0 Å². The lowest BCUT2D eigenvalue weighted by Crippen LogP contribution is -2.33. The Morgan fingerprint density at radius 3 is 2.93 bits per heavy atom. The number of piperidine rings is 1. The van der Waals surface area contributed by atoms with Crippen LogP contribution >= 0.6 is 11.3 Å². The van der Waals surface area contributed by atoms with E-state index in [4.69, 9.17) is 0 Å². The van der Waals surface area contributed by atoms with E-state index in [0.717, 1.165) is 12.5 Å². The zero-order valence-corrected chi connectivity index (χ0v) is 10.2. The monoisotopic (exact) mass is 224 g/mol. The first-order valence-corrected chi connectivity index (χ1v) is 6.68. The third kappa shape index (κ3) is 3.30. The Balaban J connectivity index is 1.68. The molecule has 2 rings (SSSR count). The van der Waals surface area contributed by atoms with Gasteiger partial charge in [0, 0.05) is 11.4 Å². The van der Waals surface area contributed by atoms with Gasteiger partial charge in [-0.2, -0.15) is 0 Å². The zero-order chi connectivity index (χ0) is 10.5. The molecular weight excluding hydrogens is 204 g/mol. The van der Waals surface area contributed by atoms with Crippen LogP contribution in [0.5, 0.6) is 0 Å². The number of hydrogen-bond acceptors (Lipinski definition) is 3. The van der Waals surface area contributed by atoms with E-state index in [1.165, 1.54) is 42.9 Å². The molecule has 2 heterocycles. The molecule has 0 amide bonds. The van der Waals surface area contributed by atoms with Crippen LogP contribution in [-0.4, -0.2) is 19.6 Å². The second-order valence-corrected chi connectivity index (χ2v) is 5.35. The third-order valence-corrected chi connectivity index (χ3v) is 4.17. The van der Waals surface area contributed by atoms with Crippen LogP contribution in [0.15, 0.2) is 11.4 Å². The molecule has 0 aromatic carbocycles. The topological polar surface area (TPSA) is 24.1 Å². The molecule has 2 N–H and O–H groups in total. The third-order valence-electron chi connectivity index (χ3n) is 3.15. The summed E-state index contributed by atoms with van der Waals surface area (Å²) in [6.07, 6.45) is 2.66. The van der Waals surface area contributed by atoms with Crippen molar-refractivity contribution >= 4 is 11.3 Å².